The van der Waals surface area contributed by atoms with E-state index in [1.165, 1.54) is 0 Å². The lowest BCUT2D eigenvalue weighted by Crippen LogP contribution is -2.67. The van der Waals surface area contributed by atoms with Crippen LogP contribution in [0, 0.1) is 0 Å². The molecule has 0 aromatic carbocycles. The maximum absolute atomic E-state index is 11.3. The van der Waals surface area contributed by atoms with E-state index in [1.807, 2.05) is 6.92 Å². The Hall–Kier alpha value is -1.10. The second kappa shape index (κ2) is 5.84. The lowest BCUT2D eigenvalue weighted by Gasteiger charge is -2.37. The number of carbonyl (C=O) groups excluding carboxylic acids is 2. The number of amides is 3. The van der Waals surface area contributed by atoms with Gasteiger partial charge in [-0.15, -0.1) is 0 Å². The lowest BCUT2D eigenvalue weighted by molar-refractivity contribution is -0.123. The SMILES string of the molecule is CCCCCNC1(CC)CC(=O)NC(=O)N1. The first kappa shape index (κ1) is 13.0. The summed E-state index contributed by atoms with van der Waals surface area (Å²) in [4.78, 5) is 22.6. The van der Waals surface area contributed by atoms with Gasteiger partial charge in [-0.3, -0.25) is 15.4 Å². The van der Waals surface area contributed by atoms with Crippen LogP contribution in [0.1, 0.15) is 46.0 Å². The summed E-state index contributed by atoms with van der Waals surface area (Å²) in [6.07, 6.45) is 4.40. The molecule has 3 amide bonds. The Kier molecular flexibility index (Phi) is 4.73. The zero-order valence-corrected chi connectivity index (χ0v) is 10.1. The molecule has 0 bridgehead atoms. The van der Waals surface area contributed by atoms with E-state index in [9.17, 15) is 9.59 Å². The molecular weight excluding hydrogens is 206 g/mol. The van der Waals surface area contributed by atoms with Gasteiger partial charge in [0.1, 0.15) is 5.66 Å². The quantitative estimate of drug-likeness (QED) is 0.595. The van der Waals surface area contributed by atoms with Gasteiger partial charge >= 0.3 is 6.03 Å². The van der Waals surface area contributed by atoms with Crippen molar-refractivity contribution in [3.63, 3.8) is 0 Å². The van der Waals surface area contributed by atoms with Crippen LogP contribution in [0.3, 0.4) is 0 Å². The number of carbonyl (C=O) groups is 2. The van der Waals surface area contributed by atoms with Crippen molar-refractivity contribution in [2.24, 2.45) is 0 Å². The topological polar surface area (TPSA) is 70.2 Å². The van der Waals surface area contributed by atoms with Crippen molar-refractivity contribution in [1.29, 1.82) is 0 Å². The van der Waals surface area contributed by atoms with Crippen molar-refractivity contribution in [2.75, 3.05) is 6.54 Å². The molecule has 92 valence electrons. The first-order valence-corrected chi connectivity index (χ1v) is 5.99. The standard InChI is InChI=1S/C11H21N3O2/c1-3-5-6-7-12-11(4-2)8-9(15)13-10(16)14-11/h12H,3-8H2,1-2H3,(H2,13,14,15,16). The molecule has 1 aliphatic rings. The molecule has 0 aliphatic carbocycles. The fraction of sp³-hybridized carbons (Fsp3) is 0.818. The van der Waals surface area contributed by atoms with Crippen LogP contribution in [-0.4, -0.2) is 24.1 Å². The smallest absolute Gasteiger partial charge is 0.319 e. The van der Waals surface area contributed by atoms with E-state index < -0.39 is 11.7 Å². The van der Waals surface area contributed by atoms with Crippen LogP contribution in [0.4, 0.5) is 4.79 Å². The van der Waals surface area contributed by atoms with E-state index in [0.717, 1.165) is 25.8 Å². The van der Waals surface area contributed by atoms with E-state index >= 15 is 0 Å². The van der Waals surface area contributed by atoms with Crippen molar-refractivity contribution in [1.82, 2.24) is 16.0 Å². The van der Waals surface area contributed by atoms with E-state index in [4.69, 9.17) is 0 Å². The lowest BCUT2D eigenvalue weighted by atomic mass is 10.00. The molecule has 1 aliphatic heterocycles. The minimum atomic E-state index is -0.548. The fourth-order valence-corrected chi connectivity index (χ4v) is 1.89. The molecule has 16 heavy (non-hydrogen) atoms. The Morgan fingerprint density at radius 3 is 2.62 bits per heavy atom. The molecular formula is C11H21N3O2. The molecule has 0 aromatic rings. The third kappa shape index (κ3) is 3.48. The number of hydrogen-bond donors (Lipinski definition) is 3. The zero-order valence-electron chi connectivity index (χ0n) is 10.1. The number of unbranched alkanes of at least 4 members (excludes halogenated alkanes) is 2. The molecule has 3 N–H and O–H groups in total. The molecule has 5 heteroatoms. The van der Waals surface area contributed by atoms with Crippen LogP contribution in [0.25, 0.3) is 0 Å². The van der Waals surface area contributed by atoms with Gasteiger partial charge in [-0.05, 0) is 19.4 Å². The Labute approximate surface area is 96.4 Å². The minimum absolute atomic E-state index is 0.214. The van der Waals surface area contributed by atoms with Gasteiger partial charge in [-0.2, -0.15) is 0 Å². The number of rotatable bonds is 6. The summed E-state index contributed by atoms with van der Waals surface area (Å²) >= 11 is 0. The minimum Gasteiger partial charge on any atom is -0.319 e. The second-order valence-corrected chi connectivity index (χ2v) is 4.25. The van der Waals surface area contributed by atoms with Crippen LogP contribution < -0.4 is 16.0 Å². The number of imide groups is 1. The van der Waals surface area contributed by atoms with Gasteiger partial charge in [0.15, 0.2) is 0 Å². The maximum Gasteiger partial charge on any atom is 0.322 e. The predicted octanol–water partition coefficient (Wildman–Crippen LogP) is 1.10. The molecule has 1 unspecified atom stereocenters. The summed E-state index contributed by atoms with van der Waals surface area (Å²) in [7, 11) is 0. The summed E-state index contributed by atoms with van der Waals surface area (Å²) in [5, 5.41) is 8.33. The van der Waals surface area contributed by atoms with E-state index in [0.29, 0.717) is 12.8 Å². The first-order valence-electron chi connectivity index (χ1n) is 5.99. The fourth-order valence-electron chi connectivity index (χ4n) is 1.89. The van der Waals surface area contributed by atoms with Gasteiger partial charge in [0.05, 0.1) is 6.42 Å². The molecule has 1 heterocycles. The molecule has 1 atom stereocenters. The average molecular weight is 227 g/mol. The normalized spacial score (nSPS) is 25.1. The summed E-state index contributed by atoms with van der Waals surface area (Å²) < 4.78 is 0. The molecule has 0 spiro atoms. The molecule has 0 aromatic heterocycles. The van der Waals surface area contributed by atoms with E-state index in [2.05, 4.69) is 22.9 Å². The number of hydrogen-bond acceptors (Lipinski definition) is 3. The van der Waals surface area contributed by atoms with Gasteiger partial charge in [-0.25, -0.2) is 4.79 Å². The highest BCUT2D eigenvalue weighted by Crippen LogP contribution is 2.15. The highest BCUT2D eigenvalue weighted by Gasteiger charge is 2.36. The summed E-state index contributed by atoms with van der Waals surface area (Å²) in [5.41, 5.74) is -0.548. The largest absolute Gasteiger partial charge is 0.322 e. The van der Waals surface area contributed by atoms with Gasteiger partial charge in [0.2, 0.25) is 5.91 Å². The van der Waals surface area contributed by atoms with Crippen molar-refractivity contribution in [3.05, 3.63) is 0 Å². The number of nitrogens with one attached hydrogen (secondary N) is 3. The van der Waals surface area contributed by atoms with Crippen LogP contribution in [-0.2, 0) is 4.79 Å². The van der Waals surface area contributed by atoms with E-state index in [-0.39, 0.29) is 5.91 Å². The van der Waals surface area contributed by atoms with Gasteiger partial charge < -0.3 is 5.32 Å². The van der Waals surface area contributed by atoms with Crippen molar-refractivity contribution >= 4 is 11.9 Å². The Morgan fingerprint density at radius 2 is 2.06 bits per heavy atom. The molecule has 1 saturated heterocycles. The third-order valence-corrected chi connectivity index (χ3v) is 2.92. The van der Waals surface area contributed by atoms with Gasteiger partial charge in [0.25, 0.3) is 0 Å². The molecule has 0 saturated carbocycles. The molecule has 5 nitrogen and oxygen atoms in total. The molecule has 0 radical (unpaired) electrons. The van der Waals surface area contributed by atoms with Crippen molar-refractivity contribution in [2.45, 2.75) is 51.6 Å². The highest BCUT2D eigenvalue weighted by atomic mass is 16.2. The summed E-state index contributed by atoms with van der Waals surface area (Å²) in [6, 6.07) is -0.402. The summed E-state index contributed by atoms with van der Waals surface area (Å²) in [6.45, 7) is 4.94. The summed E-state index contributed by atoms with van der Waals surface area (Å²) in [5.74, 6) is -0.214. The first-order chi connectivity index (χ1) is 7.62. The zero-order chi connectivity index (χ0) is 12.0. The monoisotopic (exact) mass is 227 g/mol. The Balaban J connectivity index is 2.48. The molecule has 1 rings (SSSR count). The second-order valence-electron chi connectivity index (χ2n) is 4.25. The third-order valence-electron chi connectivity index (χ3n) is 2.92. The molecule has 1 fully saturated rings. The van der Waals surface area contributed by atoms with Crippen LogP contribution in [0.15, 0.2) is 0 Å². The predicted molar refractivity (Wildman–Crippen MR) is 61.8 cm³/mol. The van der Waals surface area contributed by atoms with Crippen LogP contribution in [0.2, 0.25) is 0 Å². The van der Waals surface area contributed by atoms with Gasteiger partial charge in [-0.1, -0.05) is 26.7 Å². The van der Waals surface area contributed by atoms with Crippen LogP contribution >= 0.6 is 0 Å². The van der Waals surface area contributed by atoms with Crippen molar-refractivity contribution < 1.29 is 9.59 Å². The van der Waals surface area contributed by atoms with Crippen LogP contribution in [0.5, 0.6) is 0 Å². The van der Waals surface area contributed by atoms with Gasteiger partial charge in [0, 0.05) is 0 Å². The maximum atomic E-state index is 11.3. The Morgan fingerprint density at radius 1 is 1.31 bits per heavy atom. The van der Waals surface area contributed by atoms with Crippen molar-refractivity contribution in [3.8, 4) is 0 Å². The number of urea groups is 1. The highest BCUT2D eigenvalue weighted by molar-refractivity contribution is 5.97. The Bertz CT molecular complexity index is 250. The average Bonchev–Trinajstić information content (AvgIpc) is 2.23. The van der Waals surface area contributed by atoms with E-state index in [1.54, 1.807) is 0 Å².